The first-order valence-electron chi connectivity index (χ1n) is 15.6. The van der Waals surface area contributed by atoms with Crippen molar-refractivity contribution in [1.29, 1.82) is 0 Å². The van der Waals surface area contributed by atoms with E-state index in [2.05, 4.69) is 20.5 Å². The van der Waals surface area contributed by atoms with Crippen molar-refractivity contribution in [3.05, 3.63) is 0 Å². The highest BCUT2D eigenvalue weighted by Gasteiger charge is 2.18. The predicted octanol–water partition coefficient (Wildman–Crippen LogP) is -8.05. The van der Waals surface area contributed by atoms with Crippen molar-refractivity contribution in [1.82, 2.24) is 0 Å². The van der Waals surface area contributed by atoms with Crippen molar-refractivity contribution in [3.63, 3.8) is 0 Å². The maximum atomic E-state index is 11.1. The number of esters is 2. The minimum absolute atomic E-state index is 0.0129. The summed E-state index contributed by atoms with van der Waals surface area (Å²) < 4.78 is 4.33. The van der Waals surface area contributed by atoms with E-state index in [4.69, 9.17) is 93.1 Å². The standard InChI is InChI=1S/C8H17N5O3.C6H14N4O2.C4H7NO4.C4H9NO3.C3H7NO2.C2H5NO2/c9-4-6(14)16-7(15)5(10)2-1-3-13-8(11)12;7-4(5(11)12)2-1-3-10-6(8)9;5-2(4(8)9)1-3(6)7;1-2(6)3(5)4(7)8;1-2(4)3(5)6;3-1-2(4)5/h5H,1-4,9-10H2,(H4,11,12,13);4H,1-3,7H2,(H,11,12)(H4,8,9,10);2H,1,5H2,(H,6,7)(H,8,9);2-3,6H,5H2,1H3,(H,7,8);2H,4H2,1H3,(H,5,6);1,3H2,(H,4,5)/t5-;4-;2-;2-,3+;2-;/m00010./s1. The molecule has 29 N–H and O–H groups in total. The summed E-state index contributed by atoms with van der Waals surface area (Å²) >= 11 is 0. The van der Waals surface area contributed by atoms with Crippen LogP contribution in [0.1, 0.15) is 46.0 Å². The highest BCUT2D eigenvalue weighted by molar-refractivity contribution is 5.89. The molecule has 0 unspecified atom stereocenters. The summed E-state index contributed by atoms with van der Waals surface area (Å²) in [6.45, 7) is 2.91. The third kappa shape index (κ3) is 54.9. The van der Waals surface area contributed by atoms with Gasteiger partial charge in [0.2, 0.25) is 0 Å². The molecule has 29 nitrogen and oxygen atoms in total. The van der Waals surface area contributed by atoms with Crippen LogP contribution in [0.5, 0.6) is 0 Å². The molecule has 0 bridgehead atoms. The fourth-order valence-corrected chi connectivity index (χ4v) is 1.99. The lowest BCUT2D eigenvalue weighted by atomic mass is 10.2. The van der Waals surface area contributed by atoms with Crippen LogP contribution in [0.4, 0.5) is 0 Å². The monoisotopic (exact) mass is 821 g/mol. The van der Waals surface area contributed by atoms with Crippen LogP contribution in [0.2, 0.25) is 0 Å². The van der Waals surface area contributed by atoms with E-state index in [0.717, 1.165) is 0 Å². The summed E-state index contributed by atoms with van der Waals surface area (Å²) in [5.41, 5.74) is 55.1. The number of nitrogens with two attached hydrogens (primary N) is 11. The topological polar surface area (TPSA) is 598 Å². The van der Waals surface area contributed by atoms with Crippen LogP contribution in [-0.2, 0) is 43.1 Å². The number of carboxylic acid groups (broad SMARTS) is 6. The van der Waals surface area contributed by atoms with Gasteiger partial charge >= 0.3 is 47.8 Å². The highest BCUT2D eigenvalue weighted by atomic mass is 16.6. The Balaban J connectivity index is -0.000000140. The SMILES string of the molecule is C[C@@H](O)[C@H](N)C(=O)O.C[C@H](N)C(=O)O.NC(N)=NCCC[C@H](N)C(=O)O.NCC(=O)O.NCC(=O)OC(=O)[C@@H](N)CCCN=C(N)N.N[C@@H](CC(=O)O)C(=O)O. The highest BCUT2D eigenvalue weighted by Crippen LogP contribution is 1.98. The van der Waals surface area contributed by atoms with E-state index in [1.807, 2.05) is 0 Å². The number of carbonyl (C=O) groups is 8. The van der Waals surface area contributed by atoms with Gasteiger partial charge in [-0.25, -0.2) is 4.79 Å². The second-order valence-electron chi connectivity index (χ2n) is 10.3. The van der Waals surface area contributed by atoms with Crippen LogP contribution >= 0.6 is 0 Å². The van der Waals surface area contributed by atoms with Crippen LogP contribution in [0.25, 0.3) is 0 Å². The fraction of sp³-hybridized carbons (Fsp3) is 0.630. The number of ether oxygens (including phenoxy) is 1. The average Bonchev–Trinajstić information content (AvgIpc) is 3.08. The second kappa shape index (κ2) is 38.9. The van der Waals surface area contributed by atoms with Gasteiger partial charge in [0.15, 0.2) is 11.9 Å². The molecule has 0 saturated heterocycles. The molecule has 6 atom stereocenters. The molecule has 0 aromatic carbocycles. The lowest BCUT2D eigenvalue weighted by molar-refractivity contribution is -0.160. The molecule has 0 aliphatic carbocycles. The molecule has 0 aliphatic heterocycles. The van der Waals surface area contributed by atoms with Crippen LogP contribution in [-0.4, -0.2) is 158 Å². The quantitative estimate of drug-likeness (QED) is 0.0201. The average molecular weight is 822 g/mol. The number of carboxylic acids is 6. The Morgan fingerprint density at radius 3 is 1.12 bits per heavy atom. The summed E-state index contributed by atoms with van der Waals surface area (Å²) in [5, 5.41) is 56.4. The molecule has 0 heterocycles. The summed E-state index contributed by atoms with van der Waals surface area (Å²) in [5.74, 6) is -8.21. The third-order valence-corrected chi connectivity index (χ3v) is 5.02. The van der Waals surface area contributed by atoms with Crippen LogP contribution in [0.3, 0.4) is 0 Å². The van der Waals surface area contributed by atoms with Gasteiger partial charge in [0, 0.05) is 13.1 Å². The van der Waals surface area contributed by atoms with Gasteiger partial charge in [0.05, 0.1) is 25.6 Å². The van der Waals surface area contributed by atoms with Gasteiger partial charge in [-0.1, -0.05) is 0 Å². The van der Waals surface area contributed by atoms with E-state index < -0.39 is 90.5 Å². The zero-order valence-electron chi connectivity index (χ0n) is 30.9. The molecule has 0 fully saturated rings. The first-order valence-corrected chi connectivity index (χ1v) is 15.6. The minimum atomic E-state index is -1.29. The largest absolute Gasteiger partial charge is 0.481 e. The Kier molecular flexibility index (Phi) is 43.2. The van der Waals surface area contributed by atoms with Crippen molar-refractivity contribution in [3.8, 4) is 0 Å². The van der Waals surface area contributed by atoms with E-state index in [9.17, 15) is 38.4 Å². The van der Waals surface area contributed by atoms with Gasteiger partial charge < -0.3 is 104 Å². The van der Waals surface area contributed by atoms with Gasteiger partial charge in [-0.2, -0.15) is 0 Å². The van der Waals surface area contributed by atoms with Crippen molar-refractivity contribution < 1.29 is 78.8 Å². The number of aliphatic carboxylic acids is 6. The number of aliphatic imine (C=N–C) groups is 2. The molecular weight excluding hydrogens is 762 g/mol. The van der Waals surface area contributed by atoms with Crippen LogP contribution < -0.4 is 63.1 Å². The van der Waals surface area contributed by atoms with Crippen molar-refractivity contribution in [2.75, 3.05) is 26.2 Å². The van der Waals surface area contributed by atoms with Gasteiger partial charge in [0.1, 0.15) is 30.2 Å². The van der Waals surface area contributed by atoms with Crippen molar-refractivity contribution in [2.24, 2.45) is 73.1 Å². The van der Waals surface area contributed by atoms with E-state index in [1.54, 1.807) is 0 Å². The Morgan fingerprint density at radius 2 is 0.929 bits per heavy atom. The predicted molar refractivity (Wildman–Crippen MR) is 197 cm³/mol. The van der Waals surface area contributed by atoms with Crippen LogP contribution in [0, 0.1) is 0 Å². The molecule has 0 aliphatic rings. The number of guanidine groups is 2. The van der Waals surface area contributed by atoms with E-state index >= 15 is 0 Å². The van der Waals surface area contributed by atoms with Crippen molar-refractivity contribution >= 4 is 59.7 Å². The lowest BCUT2D eigenvalue weighted by Gasteiger charge is -2.08. The van der Waals surface area contributed by atoms with Crippen molar-refractivity contribution in [2.45, 2.75) is 82.3 Å². The Morgan fingerprint density at radius 1 is 0.571 bits per heavy atom. The number of aliphatic hydroxyl groups excluding tert-OH is 1. The number of carbonyl (C=O) groups excluding carboxylic acids is 2. The zero-order chi connectivity index (χ0) is 45.7. The molecule has 0 rings (SSSR count). The molecular formula is C27H59N13O16. The second-order valence-corrected chi connectivity index (χ2v) is 10.3. The Hall–Kier alpha value is -5.82. The maximum absolute atomic E-state index is 11.1. The van der Waals surface area contributed by atoms with Gasteiger partial charge in [0.25, 0.3) is 0 Å². The molecule has 0 spiro atoms. The summed E-state index contributed by atoms with van der Waals surface area (Å²) in [6, 6.07) is -4.87. The molecule has 0 radical (unpaired) electrons. The maximum Gasteiger partial charge on any atom is 0.330 e. The third-order valence-electron chi connectivity index (χ3n) is 5.02. The zero-order valence-corrected chi connectivity index (χ0v) is 30.9. The number of nitrogens with zero attached hydrogens (tertiary/aromatic N) is 2. The lowest BCUT2D eigenvalue weighted by Crippen LogP contribution is -2.39. The summed E-state index contributed by atoms with van der Waals surface area (Å²) in [4.78, 5) is 87.7. The minimum Gasteiger partial charge on any atom is -0.481 e. The van der Waals surface area contributed by atoms with Gasteiger partial charge in [-0.05, 0) is 39.5 Å². The van der Waals surface area contributed by atoms with Gasteiger partial charge in [-0.3, -0.25) is 43.5 Å². The molecule has 29 heteroatoms. The molecule has 0 aromatic heterocycles. The molecule has 0 aromatic rings. The first kappa shape index (κ1) is 62.2. The Labute approximate surface area is 320 Å². The number of rotatable bonds is 18. The summed E-state index contributed by atoms with van der Waals surface area (Å²) in [7, 11) is 0. The van der Waals surface area contributed by atoms with Gasteiger partial charge in [-0.15, -0.1) is 0 Å². The molecule has 0 saturated carbocycles. The normalized spacial score (nSPS) is 12.5. The molecule has 328 valence electrons. The smallest absolute Gasteiger partial charge is 0.330 e. The van der Waals surface area contributed by atoms with E-state index in [1.165, 1.54) is 13.8 Å². The number of aliphatic hydroxyl groups is 1. The van der Waals surface area contributed by atoms with Crippen LogP contribution in [0.15, 0.2) is 9.98 Å². The summed E-state index contributed by atoms with van der Waals surface area (Å²) in [6.07, 6.45) is 0.290. The number of hydrogen-bond acceptors (Lipinski definition) is 19. The molecule has 0 amide bonds. The van der Waals surface area contributed by atoms with E-state index in [-0.39, 0.29) is 25.0 Å². The van der Waals surface area contributed by atoms with E-state index in [0.29, 0.717) is 38.8 Å². The Bertz CT molecular complexity index is 1230. The fourth-order valence-electron chi connectivity index (χ4n) is 1.99. The first-order chi connectivity index (χ1) is 25.5. The molecule has 56 heavy (non-hydrogen) atoms. The number of hydrogen-bond donors (Lipinski definition) is 18.